The van der Waals surface area contributed by atoms with Gasteiger partial charge < -0.3 is 10.1 Å². The van der Waals surface area contributed by atoms with Gasteiger partial charge in [-0.15, -0.1) is 0 Å². The van der Waals surface area contributed by atoms with E-state index in [0.717, 1.165) is 11.3 Å². The van der Waals surface area contributed by atoms with Gasteiger partial charge in [-0.25, -0.2) is 4.99 Å². The Hall–Kier alpha value is -2.10. The Morgan fingerprint density at radius 1 is 1.26 bits per heavy atom. The molecular formula is C15H18N2O2. The zero-order chi connectivity index (χ0) is 14.0. The first-order valence-corrected chi connectivity index (χ1v) is 6.17. The Kier molecular flexibility index (Phi) is 3.42. The second kappa shape index (κ2) is 4.88. The summed E-state index contributed by atoms with van der Waals surface area (Å²) in [6.07, 6.45) is 1.74. The number of aliphatic imine (C=N–C) groups is 1. The molecule has 1 aromatic rings. The minimum Gasteiger partial charge on any atom is -0.496 e. The number of ether oxygens (including phenoxy) is 1. The molecule has 0 bridgehead atoms. The summed E-state index contributed by atoms with van der Waals surface area (Å²) in [6.45, 7) is 6.04. The molecule has 1 heterocycles. The van der Waals surface area contributed by atoms with Crippen LogP contribution in [-0.2, 0) is 4.79 Å². The molecule has 1 aliphatic heterocycles. The van der Waals surface area contributed by atoms with E-state index in [1.807, 2.05) is 45.0 Å². The summed E-state index contributed by atoms with van der Waals surface area (Å²) in [7, 11) is 1.61. The molecule has 2 rings (SSSR count). The maximum atomic E-state index is 11.9. The van der Waals surface area contributed by atoms with E-state index in [4.69, 9.17) is 4.74 Å². The van der Waals surface area contributed by atoms with E-state index < -0.39 is 0 Å². The molecule has 1 N–H and O–H groups in total. The number of nitrogens with one attached hydrogen (secondary N) is 1. The lowest BCUT2D eigenvalue weighted by Gasteiger charge is -2.16. The Morgan fingerprint density at radius 3 is 2.53 bits per heavy atom. The Morgan fingerprint density at radius 2 is 1.95 bits per heavy atom. The number of rotatable bonds is 2. The Balaban J connectivity index is 2.39. The molecule has 0 unspecified atom stereocenters. The van der Waals surface area contributed by atoms with Crippen LogP contribution >= 0.6 is 0 Å². The molecule has 4 nitrogen and oxygen atoms in total. The normalized spacial score (nSPS) is 17.4. The van der Waals surface area contributed by atoms with Gasteiger partial charge in [-0.1, -0.05) is 39.0 Å². The van der Waals surface area contributed by atoms with Gasteiger partial charge in [0.2, 0.25) is 0 Å². The van der Waals surface area contributed by atoms with Gasteiger partial charge in [0.25, 0.3) is 5.91 Å². The number of hydrogen-bond acceptors (Lipinski definition) is 3. The first-order valence-electron chi connectivity index (χ1n) is 6.17. The predicted molar refractivity (Wildman–Crippen MR) is 76.0 cm³/mol. The molecule has 0 aromatic heterocycles. The number of para-hydroxylation sites is 1. The first kappa shape index (κ1) is 13.3. The molecule has 1 amide bonds. The van der Waals surface area contributed by atoms with Gasteiger partial charge in [-0.05, 0) is 12.1 Å². The number of methoxy groups -OCH3 is 1. The van der Waals surface area contributed by atoms with Crippen molar-refractivity contribution in [3.05, 3.63) is 35.5 Å². The number of amides is 1. The molecule has 19 heavy (non-hydrogen) atoms. The van der Waals surface area contributed by atoms with Gasteiger partial charge in [0.15, 0.2) is 0 Å². The maximum absolute atomic E-state index is 11.9. The summed E-state index contributed by atoms with van der Waals surface area (Å²) in [4.78, 5) is 16.3. The fourth-order valence-electron chi connectivity index (χ4n) is 1.76. The summed E-state index contributed by atoms with van der Waals surface area (Å²) >= 11 is 0. The highest BCUT2D eigenvalue weighted by Crippen LogP contribution is 2.25. The number of nitrogens with zero attached hydrogens (tertiary/aromatic N) is 1. The molecule has 0 spiro atoms. The number of carbonyl (C=O) groups excluding carboxylic acids is 1. The average Bonchev–Trinajstić information content (AvgIpc) is 2.72. The van der Waals surface area contributed by atoms with E-state index in [-0.39, 0.29) is 11.3 Å². The summed E-state index contributed by atoms with van der Waals surface area (Å²) < 4.78 is 5.26. The molecule has 0 saturated heterocycles. The molecule has 0 radical (unpaired) electrons. The zero-order valence-electron chi connectivity index (χ0n) is 11.7. The van der Waals surface area contributed by atoms with Crippen LogP contribution < -0.4 is 10.1 Å². The summed E-state index contributed by atoms with van der Waals surface area (Å²) in [5, 5.41) is 2.80. The highest BCUT2D eigenvalue weighted by molar-refractivity contribution is 6.15. The highest BCUT2D eigenvalue weighted by Gasteiger charge is 2.28. The van der Waals surface area contributed by atoms with Crippen molar-refractivity contribution in [3.8, 4) is 5.75 Å². The van der Waals surface area contributed by atoms with Crippen LogP contribution in [0, 0.1) is 5.41 Å². The number of carbonyl (C=O) groups is 1. The smallest absolute Gasteiger partial charge is 0.275 e. The molecule has 0 saturated carbocycles. The van der Waals surface area contributed by atoms with Crippen molar-refractivity contribution < 1.29 is 9.53 Å². The lowest BCUT2D eigenvalue weighted by atomic mass is 9.95. The average molecular weight is 258 g/mol. The van der Waals surface area contributed by atoms with Crippen LogP contribution in [0.1, 0.15) is 26.3 Å². The van der Waals surface area contributed by atoms with Crippen molar-refractivity contribution in [2.75, 3.05) is 7.11 Å². The standard InChI is InChI=1S/C15H18N2O2/c1-15(2,3)14-16-11(13(18)17-14)9-10-7-5-6-8-12(10)19-4/h5-9H,1-4H3,(H,16,17,18)/b11-9+. The van der Waals surface area contributed by atoms with Crippen molar-refractivity contribution >= 4 is 17.8 Å². The van der Waals surface area contributed by atoms with E-state index in [9.17, 15) is 4.79 Å². The van der Waals surface area contributed by atoms with Crippen LogP contribution in [0.4, 0.5) is 0 Å². The number of hydrogen-bond donors (Lipinski definition) is 1. The minimum atomic E-state index is -0.175. The van der Waals surface area contributed by atoms with Crippen LogP contribution in [0.25, 0.3) is 6.08 Å². The van der Waals surface area contributed by atoms with Crippen LogP contribution in [-0.4, -0.2) is 18.9 Å². The molecule has 0 fully saturated rings. The SMILES string of the molecule is COc1ccccc1/C=C1/N=C(C(C)(C)C)NC1=O. The molecule has 0 aliphatic carbocycles. The molecule has 4 heteroatoms. The van der Waals surface area contributed by atoms with Gasteiger partial charge in [0.05, 0.1) is 7.11 Å². The van der Waals surface area contributed by atoms with Gasteiger partial charge in [-0.3, -0.25) is 4.79 Å². The highest BCUT2D eigenvalue weighted by atomic mass is 16.5. The lowest BCUT2D eigenvalue weighted by Crippen LogP contribution is -2.34. The van der Waals surface area contributed by atoms with Crippen LogP contribution in [0.3, 0.4) is 0 Å². The largest absolute Gasteiger partial charge is 0.496 e. The second-order valence-corrected chi connectivity index (χ2v) is 5.44. The Bertz CT molecular complexity index is 566. The van der Waals surface area contributed by atoms with Crippen LogP contribution in [0.15, 0.2) is 35.0 Å². The summed E-state index contributed by atoms with van der Waals surface area (Å²) in [5.41, 5.74) is 1.08. The molecule has 0 atom stereocenters. The van der Waals surface area contributed by atoms with Gasteiger partial charge >= 0.3 is 0 Å². The Labute approximate surface area is 113 Å². The fraction of sp³-hybridized carbons (Fsp3) is 0.333. The summed E-state index contributed by atoms with van der Waals surface area (Å²) in [5.74, 6) is 1.25. The lowest BCUT2D eigenvalue weighted by molar-refractivity contribution is -0.115. The topological polar surface area (TPSA) is 50.7 Å². The third-order valence-corrected chi connectivity index (χ3v) is 2.84. The number of benzene rings is 1. The van der Waals surface area contributed by atoms with Gasteiger partial charge in [-0.2, -0.15) is 0 Å². The van der Waals surface area contributed by atoms with Crippen LogP contribution in [0.5, 0.6) is 5.75 Å². The summed E-state index contributed by atoms with van der Waals surface area (Å²) in [6, 6.07) is 7.53. The molecule has 1 aliphatic rings. The van der Waals surface area contributed by atoms with Crippen molar-refractivity contribution in [1.82, 2.24) is 5.32 Å². The minimum absolute atomic E-state index is 0.171. The zero-order valence-corrected chi connectivity index (χ0v) is 11.7. The third-order valence-electron chi connectivity index (χ3n) is 2.84. The fourth-order valence-corrected chi connectivity index (χ4v) is 1.76. The predicted octanol–water partition coefficient (Wildman–Crippen LogP) is 2.61. The van der Waals surface area contributed by atoms with E-state index in [0.29, 0.717) is 11.5 Å². The monoisotopic (exact) mass is 258 g/mol. The maximum Gasteiger partial charge on any atom is 0.275 e. The molecule has 100 valence electrons. The van der Waals surface area contributed by atoms with E-state index in [1.54, 1.807) is 13.2 Å². The molecule has 1 aromatic carbocycles. The quantitative estimate of drug-likeness (QED) is 0.829. The van der Waals surface area contributed by atoms with E-state index in [1.165, 1.54) is 0 Å². The van der Waals surface area contributed by atoms with Gasteiger partial charge in [0, 0.05) is 11.0 Å². The van der Waals surface area contributed by atoms with Crippen LogP contribution in [0.2, 0.25) is 0 Å². The van der Waals surface area contributed by atoms with Crippen molar-refractivity contribution in [3.63, 3.8) is 0 Å². The molecular weight excluding hydrogens is 240 g/mol. The number of amidine groups is 1. The third kappa shape index (κ3) is 2.84. The van der Waals surface area contributed by atoms with Crippen molar-refractivity contribution in [2.45, 2.75) is 20.8 Å². The van der Waals surface area contributed by atoms with Crippen molar-refractivity contribution in [1.29, 1.82) is 0 Å². The van der Waals surface area contributed by atoms with E-state index >= 15 is 0 Å². The van der Waals surface area contributed by atoms with Gasteiger partial charge in [0.1, 0.15) is 17.3 Å². The van der Waals surface area contributed by atoms with E-state index in [2.05, 4.69) is 10.3 Å². The first-order chi connectivity index (χ1) is 8.91. The second-order valence-electron chi connectivity index (χ2n) is 5.44. The van der Waals surface area contributed by atoms with Crippen molar-refractivity contribution in [2.24, 2.45) is 10.4 Å².